The van der Waals surface area contributed by atoms with Gasteiger partial charge in [0, 0.05) is 38.1 Å². The van der Waals surface area contributed by atoms with Crippen molar-refractivity contribution in [2.75, 3.05) is 59.3 Å². The Morgan fingerprint density at radius 1 is 0.510 bits per heavy atom. The van der Waals surface area contributed by atoms with Gasteiger partial charge in [-0.3, -0.25) is 19.1 Å². The van der Waals surface area contributed by atoms with Crippen LogP contribution in [0.25, 0.3) is 0 Å². The quantitative estimate of drug-likeness (QED) is 0.0274. The van der Waals surface area contributed by atoms with Crippen molar-refractivity contribution < 1.29 is 28.6 Å². The van der Waals surface area contributed by atoms with Gasteiger partial charge in [-0.25, -0.2) is 0 Å². The topological polar surface area (TPSA) is 106 Å². The average Bonchev–Trinajstić information content (AvgIpc) is 3.11. The predicted molar refractivity (Wildman–Crippen MR) is 215 cm³/mol. The van der Waals surface area contributed by atoms with Gasteiger partial charge >= 0.3 is 17.9 Å². The van der Waals surface area contributed by atoms with Crippen LogP contribution in [0.1, 0.15) is 181 Å². The van der Waals surface area contributed by atoms with Crippen LogP contribution in [-0.2, 0) is 28.6 Å². The van der Waals surface area contributed by atoms with Crippen molar-refractivity contribution in [1.29, 1.82) is 0 Å². The SMILES string of the molecule is CCCCCCCCCC(=O)OCC(COC(=O)CCCCCCCCC)(COC(=O)CCCCCCCCC)NCCSNCCCN(C)C. The number of carbonyl (C=O) groups excluding carboxylic acids is 3. The van der Waals surface area contributed by atoms with E-state index in [4.69, 9.17) is 14.2 Å². The van der Waals surface area contributed by atoms with Crippen LogP contribution in [0.3, 0.4) is 0 Å². The number of ether oxygens (including phenoxy) is 3. The van der Waals surface area contributed by atoms with Gasteiger partial charge < -0.3 is 24.4 Å². The van der Waals surface area contributed by atoms with E-state index in [1.54, 1.807) is 11.9 Å². The summed E-state index contributed by atoms with van der Waals surface area (Å²) < 4.78 is 20.9. The first-order chi connectivity index (χ1) is 24.8. The molecule has 0 radical (unpaired) electrons. The van der Waals surface area contributed by atoms with E-state index in [2.05, 4.69) is 49.8 Å². The van der Waals surface area contributed by atoms with Gasteiger partial charge in [0.05, 0.1) is 0 Å². The van der Waals surface area contributed by atoms with E-state index in [1.807, 2.05) is 0 Å². The Hall–Kier alpha value is -1.36. The molecule has 0 aromatic carbocycles. The normalized spacial score (nSPS) is 11.6. The molecule has 0 rings (SSSR count). The molecule has 0 aromatic heterocycles. The molecule has 0 aliphatic heterocycles. The van der Waals surface area contributed by atoms with Gasteiger partial charge in [-0.2, -0.15) is 0 Å². The van der Waals surface area contributed by atoms with Crippen molar-refractivity contribution in [3.05, 3.63) is 0 Å². The maximum atomic E-state index is 12.9. The molecular formula is C41H81N3O6S. The molecule has 0 fully saturated rings. The summed E-state index contributed by atoms with van der Waals surface area (Å²) in [5.41, 5.74) is -1.02. The van der Waals surface area contributed by atoms with Gasteiger partial charge in [0.15, 0.2) is 0 Å². The Morgan fingerprint density at radius 3 is 1.22 bits per heavy atom. The summed E-state index contributed by atoms with van der Waals surface area (Å²) in [6, 6.07) is 0. The minimum Gasteiger partial charge on any atom is -0.463 e. The Morgan fingerprint density at radius 2 is 0.863 bits per heavy atom. The predicted octanol–water partition coefficient (Wildman–Crippen LogP) is 9.56. The molecule has 0 saturated carbocycles. The zero-order chi connectivity index (χ0) is 37.7. The van der Waals surface area contributed by atoms with Gasteiger partial charge in [-0.05, 0) is 46.3 Å². The first-order valence-corrected chi connectivity index (χ1v) is 22.0. The van der Waals surface area contributed by atoms with Crippen molar-refractivity contribution in [3.63, 3.8) is 0 Å². The van der Waals surface area contributed by atoms with Gasteiger partial charge in [-0.1, -0.05) is 148 Å². The molecule has 0 unspecified atom stereocenters. The molecule has 0 heterocycles. The van der Waals surface area contributed by atoms with E-state index in [0.29, 0.717) is 25.8 Å². The van der Waals surface area contributed by atoms with E-state index in [9.17, 15) is 14.4 Å². The molecule has 51 heavy (non-hydrogen) atoms. The van der Waals surface area contributed by atoms with E-state index in [0.717, 1.165) is 83.1 Å². The monoisotopic (exact) mass is 744 g/mol. The summed E-state index contributed by atoms with van der Waals surface area (Å²) in [5, 5.41) is 3.50. The number of esters is 3. The number of nitrogens with one attached hydrogen (secondary N) is 2. The van der Waals surface area contributed by atoms with Crippen molar-refractivity contribution in [2.24, 2.45) is 0 Å². The highest BCUT2D eigenvalue weighted by Crippen LogP contribution is 2.16. The Balaban J connectivity index is 5.33. The lowest BCUT2D eigenvalue weighted by Gasteiger charge is -2.33. The highest BCUT2D eigenvalue weighted by molar-refractivity contribution is 7.97. The number of carbonyl (C=O) groups is 3. The molecule has 0 saturated heterocycles. The van der Waals surface area contributed by atoms with E-state index in [-0.39, 0.29) is 37.7 Å². The van der Waals surface area contributed by atoms with E-state index < -0.39 is 5.54 Å². The van der Waals surface area contributed by atoms with Crippen molar-refractivity contribution in [3.8, 4) is 0 Å². The number of unbranched alkanes of at least 4 members (excludes halogenated alkanes) is 18. The summed E-state index contributed by atoms with van der Waals surface area (Å²) in [5.74, 6) is -0.0606. The molecule has 0 atom stereocenters. The average molecular weight is 744 g/mol. The second-order valence-electron chi connectivity index (χ2n) is 14.7. The molecule has 0 amide bonds. The Labute approximate surface area is 318 Å². The zero-order valence-electron chi connectivity index (χ0n) is 33.9. The molecule has 0 aromatic rings. The fourth-order valence-corrected chi connectivity index (χ4v) is 6.45. The van der Waals surface area contributed by atoms with Crippen LogP contribution in [-0.4, -0.2) is 87.6 Å². The lowest BCUT2D eigenvalue weighted by Crippen LogP contribution is -2.58. The number of hydrogen-bond acceptors (Lipinski definition) is 10. The standard InChI is InChI=1S/C41H81N3O6S/c1-6-9-12-15-18-21-24-28-38(45)48-35-41(42-32-34-51-43-31-27-33-44(4)5,36-49-39(46)29-25-22-19-16-13-10-7-2)37-50-40(47)30-26-23-20-17-14-11-8-3/h42-43H,6-37H2,1-5H3. The molecule has 9 nitrogen and oxygen atoms in total. The maximum absolute atomic E-state index is 12.9. The lowest BCUT2D eigenvalue weighted by atomic mass is 10.0. The highest BCUT2D eigenvalue weighted by Gasteiger charge is 2.35. The number of hydrogen-bond donors (Lipinski definition) is 2. The molecule has 2 N–H and O–H groups in total. The molecule has 0 aliphatic carbocycles. The van der Waals surface area contributed by atoms with Crippen molar-refractivity contribution in [2.45, 2.75) is 187 Å². The molecule has 302 valence electrons. The fourth-order valence-electron chi connectivity index (χ4n) is 5.81. The Bertz CT molecular complexity index is 733. The van der Waals surface area contributed by atoms with Gasteiger partial charge in [0.2, 0.25) is 0 Å². The summed E-state index contributed by atoms with van der Waals surface area (Å²) in [6.07, 6.45) is 25.7. The summed E-state index contributed by atoms with van der Waals surface area (Å²) in [7, 11) is 4.14. The van der Waals surface area contributed by atoms with Crippen LogP contribution in [0, 0.1) is 0 Å². The summed E-state index contributed by atoms with van der Waals surface area (Å²) >= 11 is 1.63. The molecule has 10 heteroatoms. The number of nitrogens with zero attached hydrogens (tertiary/aromatic N) is 1. The molecule has 0 aliphatic rings. The third kappa shape index (κ3) is 34.2. The van der Waals surface area contributed by atoms with Crippen LogP contribution < -0.4 is 10.0 Å². The van der Waals surface area contributed by atoms with Crippen LogP contribution in [0.4, 0.5) is 0 Å². The van der Waals surface area contributed by atoms with Crippen LogP contribution in [0.2, 0.25) is 0 Å². The fraction of sp³-hybridized carbons (Fsp3) is 0.927. The maximum Gasteiger partial charge on any atom is 0.305 e. The van der Waals surface area contributed by atoms with Crippen molar-refractivity contribution >= 4 is 29.9 Å². The van der Waals surface area contributed by atoms with E-state index >= 15 is 0 Å². The molecule has 0 bridgehead atoms. The summed E-state index contributed by atoms with van der Waals surface area (Å²) in [6.45, 7) is 9.03. The number of rotatable bonds is 39. The zero-order valence-corrected chi connectivity index (χ0v) is 34.7. The first-order valence-electron chi connectivity index (χ1n) is 21.0. The molecular weight excluding hydrogens is 663 g/mol. The largest absolute Gasteiger partial charge is 0.463 e. The second-order valence-corrected chi connectivity index (χ2v) is 15.7. The minimum atomic E-state index is -1.02. The third-order valence-corrected chi connectivity index (χ3v) is 9.99. The van der Waals surface area contributed by atoms with E-state index in [1.165, 1.54) is 77.0 Å². The lowest BCUT2D eigenvalue weighted by molar-refractivity contribution is -0.157. The van der Waals surface area contributed by atoms with Gasteiger partial charge in [-0.15, -0.1) is 0 Å². The minimum absolute atomic E-state index is 0.0291. The molecule has 0 spiro atoms. The first kappa shape index (κ1) is 49.6. The smallest absolute Gasteiger partial charge is 0.305 e. The van der Waals surface area contributed by atoms with Gasteiger partial charge in [0.1, 0.15) is 25.4 Å². The van der Waals surface area contributed by atoms with Gasteiger partial charge in [0.25, 0.3) is 0 Å². The van der Waals surface area contributed by atoms with Crippen LogP contribution >= 0.6 is 11.9 Å². The van der Waals surface area contributed by atoms with Crippen molar-refractivity contribution in [1.82, 2.24) is 14.9 Å². The second kappa shape index (κ2) is 37.0. The highest BCUT2D eigenvalue weighted by atomic mass is 32.2. The van der Waals surface area contributed by atoms with Crippen LogP contribution in [0.5, 0.6) is 0 Å². The van der Waals surface area contributed by atoms with Crippen LogP contribution in [0.15, 0.2) is 0 Å². The summed E-state index contributed by atoms with van der Waals surface area (Å²) in [4.78, 5) is 40.8. The third-order valence-electron chi connectivity index (χ3n) is 9.17. The Kier molecular flexibility index (Phi) is 36.0.